The Morgan fingerprint density at radius 3 is 2.13 bits per heavy atom. The van der Waals surface area contributed by atoms with Gasteiger partial charge in [-0.05, 0) is 12.1 Å². The summed E-state index contributed by atoms with van der Waals surface area (Å²) in [5.41, 5.74) is -1.18. The predicted molar refractivity (Wildman–Crippen MR) is 73.3 cm³/mol. The summed E-state index contributed by atoms with van der Waals surface area (Å²) in [6, 6.07) is 7.52. The molecule has 0 atom stereocenters. The van der Waals surface area contributed by atoms with Crippen molar-refractivity contribution >= 4 is 23.1 Å². The lowest BCUT2D eigenvalue weighted by atomic mass is 10.1. The lowest BCUT2D eigenvalue weighted by molar-refractivity contribution is 0.0964. The zero-order valence-corrected chi connectivity index (χ0v) is 11.3. The maximum atomic E-state index is 14.1. The SMILES string of the molecule is O=Cc1cn(C(=O)c2ccccc2)c2c(F)c(F)c(F)c(F)c12. The van der Waals surface area contributed by atoms with Crippen LogP contribution in [0.4, 0.5) is 17.6 Å². The summed E-state index contributed by atoms with van der Waals surface area (Å²) in [5.74, 6) is -8.36. The Morgan fingerprint density at radius 2 is 1.52 bits per heavy atom. The molecule has 0 aliphatic heterocycles. The van der Waals surface area contributed by atoms with Crippen molar-refractivity contribution in [3.8, 4) is 0 Å². The molecule has 0 saturated carbocycles. The van der Waals surface area contributed by atoms with Gasteiger partial charge in [0.05, 0.1) is 10.9 Å². The van der Waals surface area contributed by atoms with Crippen LogP contribution in [0.25, 0.3) is 10.9 Å². The average molecular weight is 321 g/mol. The number of carbonyl (C=O) groups excluding carboxylic acids is 2. The van der Waals surface area contributed by atoms with E-state index in [2.05, 4.69) is 0 Å². The van der Waals surface area contributed by atoms with Gasteiger partial charge in [-0.3, -0.25) is 14.2 Å². The molecule has 2 aromatic carbocycles. The van der Waals surface area contributed by atoms with E-state index in [1.165, 1.54) is 24.3 Å². The molecule has 1 heterocycles. The van der Waals surface area contributed by atoms with E-state index in [4.69, 9.17) is 0 Å². The second kappa shape index (κ2) is 5.35. The highest BCUT2D eigenvalue weighted by Gasteiger charge is 2.27. The van der Waals surface area contributed by atoms with Crippen molar-refractivity contribution in [3.63, 3.8) is 0 Å². The first-order valence-electron chi connectivity index (χ1n) is 6.39. The highest BCUT2D eigenvalue weighted by atomic mass is 19.2. The second-order valence-corrected chi connectivity index (χ2v) is 4.72. The molecule has 1 aromatic heterocycles. The van der Waals surface area contributed by atoms with Gasteiger partial charge in [-0.2, -0.15) is 0 Å². The van der Waals surface area contributed by atoms with Gasteiger partial charge in [0.25, 0.3) is 5.91 Å². The Labute approximate surface area is 126 Å². The maximum absolute atomic E-state index is 14.1. The first-order valence-corrected chi connectivity index (χ1v) is 6.39. The number of rotatable bonds is 2. The van der Waals surface area contributed by atoms with E-state index in [9.17, 15) is 27.2 Å². The summed E-state index contributed by atoms with van der Waals surface area (Å²) < 4.78 is 55.4. The fourth-order valence-corrected chi connectivity index (χ4v) is 2.35. The van der Waals surface area contributed by atoms with Crippen molar-refractivity contribution < 1.29 is 27.2 Å². The third-order valence-electron chi connectivity index (χ3n) is 3.41. The summed E-state index contributed by atoms with van der Waals surface area (Å²) >= 11 is 0. The quantitative estimate of drug-likeness (QED) is 0.312. The van der Waals surface area contributed by atoms with Crippen LogP contribution in [-0.4, -0.2) is 16.8 Å². The summed E-state index contributed by atoms with van der Waals surface area (Å²) in [6.45, 7) is 0. The molecular weight excluding hydrogens is 314 g/mol. The van der Waals surface area contributed by atoms with Gasteiger partial charge in [-0.15, -0.1) is 0 Å². The molecule has 3 aromatic rings. The van der Waals surface area contributed by atoms with Crippen molar-refractivity contribution in [1.82, 2.24) is 4.57 Å². The number of hydrogen-bond acceptors (Lipinski definition) is 2. The van der Waals surface area contributed by atoms with E-state index in [0.29, 0.717) is 4.57 Å². The highest BCUT2D eigenvalue weighted by Crippen LogP contribution is 2.30. The Morgan fingerprint density at radius 1 is 0.913 bits per heavy atom. The minimum Gasteiger partial charge on any atom is -0.298 e. The third kappa shape index (κ3) is 2.12. The first kappa shape index (κ1) is 15.0. The van der Waals surface area contributed by atoms with Gasteiger partial charge >= 0.3 is 0 Å². The third-order valence-corrected chi connectivity index (χ3v) is 3.41. The Balaban J connectivity index is 2.39. The van der Waals surface area contributed by atoms with Crippen molar-refractivity contribution in [3.05, 3.63) is 70.9 Å². The van der Waals surface area contributed by atoms with Gasteiger partial charge in [0.15, 0.2) is 29.6 Å². The van der Waals surface area contributed by atoms with Crippen molar-refractivity contribution in [2.24, 2.45) is 0 Å². The molecule has 7 heteroatoms. The van der Waals surface area contributed by atoms with Gasteiger partial charge in [0, 0.05) is 17.3 Å². The van der Waals surface area contributed by atoms with E-state index >= 15 is 0 Å². The van der Waals surface area contributed by atoms with Crippen molar-refractivity contribution in [2.75, 3.05) is 0 Å². The van der Waals surface area contributed by atoms with Crippen LogP contribution >= 0.6 is 0 Å². The summed E-state index contributed by atoms with van der Waals surface area (Å²) in [7, 11) is 0. The number of fused-ring (bicyclic) bond motifs is 1. The Bertz CT molecular complexity index is 948. The van der Waals surface area contributed by atoms with Crippen LogP contribution in [0.1, 0.15) is 20.7 Å². The van der Waals surface area contributed by atoms with Crippen LogP contribution in [0, 0.1) is 23.3 Å². The Hall–Kier alpha value is -2.96. The number of aldehydes is 1. The van der Waals surface area contributed by atoms with Crippen LogP contribution in [0.2, 0.25) is 0 Å². The van der Waals surface area contributed by atoms with Crippen LogP contribution < -0.4 is 0 Å². The smallest absolute Gasteiger partial charge is 0.262 e. The minimum atomic E-state index is -2.05. The van der Waals surface area contributed by atoms with Crippen LogP contribution in [0.5, 0.6) is 0 Å². The van der Waals surface area contributed by atoms with E-state index in [0.717, 1.165) is 6.20 Å². The van der Waals surface area contributed by atoms with E-state index in [1.807, 2.05) is 0 Å². The average Bonchev–Trinajstić information content (AvgIpc) is 2.97. The molecule has 0 amide bonds. The molecular formula is C16H7F4NO2. The predicted octanol–water partition coefficient (Wildman–Crippen LogP) is 3.70. The standard InChI is InChI=1S/C16H7F4NO2/c17-11-10-9(7-22)6-21(15(10)14(20)13(19)12(11)18)16(23)8-4-2-1-3-5-8/h1-7H. The normalized spacial score (nSPS) is 11.0. The maximum Gasteiger partial charge on any atom is 0.262 e. The summed E-state index contributed by atoms with van der Waals surface area (Å²) in [4.78, 5) is 23.4. The minimum absolute atomic E-state index is 0.103. The first-order chi connectivity index (χ1) is 11.0. The number of benzene rings is 2. The molecule has 0 bridgehead atoms. The lowest BCUT2D eigenvalue weighted by Gasteiger charge is -2.06. The molecule has 0 aliphatic carbocycles. The second-order valence-electron chi connectivity index (χ2n) is 4.72. The van der Waals surface area contributed by atoms with Crippen LogP contribution in [-0.2, 0) is 0 Å². The number of aromatic nitrogens is 1. The van der Waals surface area contributed by atoms with Crippen molar-refractivity contribution in [2.45, 2.75) is 0 Å². The van der Waals surface area contributed by atoms with Gasteiger partial charge < -0.3 is 0 Å². The number of carbonyl (C=O) groups is 2. The van der Waals surface area contributed by atoms with E-state index in [1.54, 1.807) is 6.07 Å². The van der Waals surface area contributed by atoms with Gasteiger partial charge in [-0.25, -0.2) is 17.6 Å². The largest absolute Gasteiger partial charge is 0.298 e. The molecule has 0 radical (unpaired) electrons. The molecule has 0 N–H and O–H groups in total. The number of hydrogen-bond donors (Lipinski definition) is 0. The number of halogens is 4. The monoisotopic (exact) mass is 321 g/mol. The van der Waals surface area contributed by atoms with Gasteiger partial charge in [0.2, 0.25) is 0 Å². The van der Waals surface area contributed by atoms with E-state index < -0.39 is 45.6 Å². The van der Waals surface area contributed by atoms with Crippen molar-refractivity contribution in [1.29, 1.82) is 0 Å². The molecule has 3 rings (SSSR count). The van der Waals surface area contributed by atoms with Gasteiger partial charge in [-0.1, -0.05) is 18.2 Å². The molecule has 23 heavy (non-hydrogen) atoms. The van der Waals surface area contributed by atoms with Gasteiger partial charge in [0.1, 0.15) is 0 Å². The molecule has 3 nitrogen and oxygen atoms in total. The molecule has 0 unspecified atom stereocenters. The Kier molecular flexibility index (Phi) is 3.48. The lowest BCUT2D eigenvalue weighted by Crippen LogP contribution is -2.12. The topological polar surface area (TPSA) is 39.1 Å². The molecule has 116 valence electrons. The van der Waals surface area contributed by atoms with Crippen LogP contribution in [0.15, 0.2) is 36.5 Å². The molecule has 0 saturated heterocycles. The molecule has 0 aliphatic rings. The number of nitrogens with zero attached hydrogens (tertiary/aromatic N) is 1. The van der Waals surface area contributed by atoms with Crippen LogP contribution in [0.3, 0.4) is 0 Å². The highest BCUT2D eigenvalue weighted by molar-refractivity contribution is 6.07. The zero-order chi connectivity index (χ0) is 16.7. The zero-order valence-electron chi connectivity index (χ0n) is 11.3. The summed E-state index contributed by atoms with van der Waals surface area (Å²) in [5, 5.41) is -0.777. The molecule has 0 spiro atoms. The fourth-order valence-electron chi connectivity index (χ4n) is 2.35. The molecule has 0 fully saturated rings. The summed E-state index contributed by atoms with van der Waals surface area (Å²) in [6.07, 6.45) is 0.981. The fraction of sp³-hybridized carbons (Fsp3) is 0. The van der Waals surface area contributed by atoms with E-state index in [-0.39, 0.29) is 11.8 Å².